The smallest absolute Gasteiger partial charge is 0.335 e. The van der Waals surface area contributed by atoms with Crippen molar-refractivity contribution in [3.05, 3.63) is 69.9 Å². The van der Waals surface area contributed by atoms with Gasteiger partial charge in [0, 0.05) is 29.3 Å². The standard InChI is InChI=1S/C31H30O13/c1-12(2)16-10-18(33)13(3)6-22(16)43-23-7-14(4-5-17(23)32)21-11-20(35)25-19(34)8-15(9-24(25)42-21)41-31-28(38)26(36)27(37)29(44-31)30(39)40/h4-12,26-29,31-34,36-38H,1-3H3,(H,39,40). The van der Waals surface area contributed by atoms with E-state index < -0.39 is 47.9 Å². The number of aromatic hydroxyl groups is 3. The normalized spacial score (nSPS) is 21.8. The average molecular weight is 611 g/mol. The lowest BCUT2D eigenvalue weighted by atomic mass is 9.99. The van der Waals surface area contributed by atoms with E-state index >= 15 is 0 Å². The molecule has 2 heterocycles. The Labute approximate surface area is 249 Å². The molecule has 0 saturated carbocycles. The number of carboxylic acids is 1. The molecule has 13 heteroatoms. The van der Waals surface area contributed by atoms with Gasteiger partial charge in [-0.1, -0.05) is 13.8 Å². The lowest BCUT2D eigenvalue weighted by Crippen LogP contribution is -2.61. The number of hydrogen-bond donors (Lipinski definition) is 7. The van der Waals surface area contributed by atoms with E-state index in [1.807, 2.05) is 13.8 Å². The highest BCUT2D eigenvalue weighted by Gasteiger charge is 2.48. The van der Waals surface area contributed by atoms with Gasteiger partial charge in [-0.2, -0.15) is 0 Å². The number of hydrogen-bond acceptors (Lipinski definition) is 12. The largest absolute Gasteiger partial charge is 0.508 e. The molecule has 5 rings (SSSR count). The highest BCUT2D eigenvalue weighted by atomic mass is 16.7. The van der Waals surface area contributed by atoms with Crippen molar-refractivity contribution in [1.82, 2.24) is 0 Å². The Morgan fingerprint density at radius 1 is 0.864 bits per heavy atom. The van der Waals surface area contributed by atoms with Crippen LogP contribution in [0.25, 0.3) is 22.3 Å². The van der Waals surface area contributed by atoms with Gasteiger partial charge in [0.25, 0.3) is 0 Å². The second kappa shape index (κ2) is 11.7. The second-order valence-corrected chi connectivity index (χ2v) is 10.8. The number of rotatable bonds is 7. The summed E-state index contributed by atoms with van der Waals surface area (Å²) in [6.45, 7) is 5.54. The number of aliphatic hydroxyl groups is 3. The molecule has 1 aliphatic rings. The minimum absolute atomic E-state index is 0.0205. The number of ether oxygens (including phenoxy) is 3. The van der Waals surface area contributed by atoms with Gasteiger partial charge < -0.3 is 54.4 Å². The predicted molar refractivity (Wildman–Crippen MR) is 153 cm³/mol. The first-order chi connectivity index (χ1) is 20.7. The van der Waals surface area contributed by atoms with Crippen molar-refractivity contribution in [3.63, 3.8) is 0 Å². The van der Waals surface area contributed by atoms with Crippen molar-refractivity contribution in [2.45, 2.75) is 57.4 Å². The van der Waals surface area contributed by atoms with E-state index in [-0.39, 0.29) is 45.6 Å². The summed E-state index contributed by atoms with van der Waals surface area (Å²) >= 11 is 0. The van der Waals surface area contributed by atoms with Gasteiger partial charge in [-0.05, 0) is 48.7 Å². The van der Waals surface area contributed by atoms with Crippen molar-refractivity contribution in [2.24, 2.45) is 0 Å². The van der Waals surface area contributed by atoms with Crippen LogP contribution in [0.15, 0.2) is 57.7 Å². The quantitative estimate of drug-likeness (QED) is 0.160. The number of benzene rings is 3. The minimum Gasteiger partial charge on any atom is -0.508 e. The molecule has 0 spiro atoms. The Balaban J connectivity index is 1.51. The molecule has 0 radical (unpaired) electrons. The fraction of sp³-hybridized carbons (Fsp3) is 0.290. The zero-order valence-electron chi connectivity index (χ0n) is 23.7. The average Bonchev–Trinajstić information content (AvgIpc) is 2.95. The predicted octanol–water partition coefficient (Wildman–Crippen LogP) is 3.07. The number of carbonyl (C=O) groups is 1. The Morgan fingerprint density at radius 3 is 2.27 bits per heavy atom. The maximum absolute atomic E-state index is 13.0. The molecule has 232 valence electrons. The van der Waals surface area contributed by atoms with Gasteiger partial charge in [0.05, 0.1) is 0 Å². The Morgan fingerprint density at radius 2 is 1.59 bits per heavy atom. The maximum Gasteiger partial charge on any atom is 0.335 e. The van der Waals surface area contributed by atoms with Gasteiger partial charge in [0.15, 0.2) is 23.0 Å². The lowest BCUT2D eigenvalue weighted by molar-refractivity contribution is -0.271. The summed E-state index contributed by atoms with van der Waals surface area (Å²) in [5.74, 6) is -2.04. The van der Waals surface area contributed by atoms with E-state index in [0.29, 0.717) is 22.4 Å². The van der Waals surface area contributed by atoms with Crippen LogP contribution in [0.3, 0.4) is 0 Å². The topological polar surface area (TPSA) is 217 Å². The minimum atomic E-state index is -1.93. The summed E-state index contributed by atoms with van der Waals surface area (Å²) < 4.78 is 22.6. The molecule has 0 amide bonds. The third-order valence-electron chi connectivity index (χ3n) is 7.26. The molecule has 0 bridgehead atoms. The number of phenolic OH excluding ortho intramolecular Hbond substituents is 3. The van der Waals surface area contributed by atoms with E-state index in [9.17, 15) is 45.3 Å². The fourth-order valence-electron chi connectivity index (χ4n) is 4.83. The van der Waals surface area contributed by atoms with Crippen molar-refractivity contribution in [1.29, 1.82) is 0 Å². The van der Waals surface area contributed by atoms with Crippen LogP contribution in [0.4, 0.5) is 0 Å². The fourth-order valence-corrected chi connectivity index (χ4v) is 4.83. The number of phenols is 3. The third-order valence-corrected chi connectivity index (χ3v) is 7.26. The van der Waals surface area contributed by atoms with Crippen molar-refractivity contribution < 1.29 is 59.2 Å². The molecule has 13 nitrogen and oxygen atoms in total. The first-order valence-corrected chi connectivity index (χ1v) is 13.5. The molecule has 1 fully saturated rings. The van der Waals surface area contributed by atoms with Crippen LogP contribution in [-0.4, -0.2) is 72.4 Å². The van der Waals surface area contributed by atoms with Crippen LogP contribution >= 0.6 is 0 Å². The zero-order chi connectivity index (χ0) is 32.0. The summed E-state index contributed by atoms with van der Waals surface area (Å²) in [5, 5.41) is 70.6. The zero-order valence-corrected chi connectivity index (χ0v) is 23.7. The van der Waals surface area contributed by atoms with Gasteiger partial charge in [0.1, 0.15) is 58.0 Å². The monoisotopic (exact) mass is 610 g/mol. The number of carboxylic acid groups (broad SMARTS) is 1. The Bertz CT molecular complexity index is 1790. The molecular weight excluding hydrogens is 580 g/mol. The summed E-state index contributed by atoms with van der Waals surface area (Å²) in [6, 6.07) is 10.8. The van der Waals surface area contributed by atoms with E-state index in [4.69, 9.17) is 18.6 Å². The maximum atomic E-state index is 13.0. The van der Waals surface area contributed by atoms with Crippen LogP contribution in [0, 0.1) is 6.92 Å². The number of aryl methyl sites for hydroxylation is 1. The van der Waals surface area contributed by atoms with Crippen molar-refractivity contribution in [3.8, 4) is 45.8 Å². The number of aliphatic hydroxyl groups excluding tert-OH is 3. The van der Waals surface area contributed by atoms with Crippen molar-refractivity contribution >= 4 is 16.9 Å². The van der Waals surface area contributed by atoms with Crippen LogP contribution in [0.2, 0.25) is 0 Å². The SMILES string of the molecule is Cc1cc(Oc2cc(-c3cc(=O)c4c(O)cc(OC5OC(C(=O)O)C(O)C(O)C5O)cc4o3)ccc2O)c(C(C)C)cc1O. The van der Waals surface area contributed by atoms with Gasteiger partial charge >= 0.3 is 5.97 Å². The van der Waals surface area contributed by atoms with Crippen LogP contribution in [-0.2, 0) is 9.53 Å². The molecule has 44 heavy (non-hydrogen) atoms. The molecule has 0 aliphatic carbocycles. The number of aliphatic carboxylic acids is 1. The molecule has 3 aromatic carbocycles. The van der Waals surface area contributed by atoms with Gasteiger partial charge in [-0.3, -0.25) is 4.79 Å². The first-order valence-electron chi connectivity index (χ1n) is 13.5. The Hall–Kier alpha value is -4.82. The third kappa shape index (κ3) is 5.73. The first kappa shape index (κ1) is 30.6. The van der Waals surface area contributed by atoms with E-state index in [1.165, 1.54) is 24.3 Å². The van der Waals surface area contributed by atoms with E-state index in [0.717, 1.165) is 12.1 Å². The van der Waals surface area contributed by atoms with Crippen molar-refractivity contribution in [2.75, 3.05) is 0 Å². The summed E-state index contributed by atoms with van der Waals surface area (Å²) in [4.78, 5) is 24.4. The lowest BCUT2D eigenvalue weighted by Gasteiger charge is -2.38. The number of fused-ring (bicyclic) bond motifs is 1. The van der Waals surface area contributed by atoms with Crippen LogP contribution in [0.1, 0.15) is 30.9 Å². The molecule has 1 aromatic heterocycles. The van der Waals surface area contributed by atoms with E-state index in [2.05, 4.69) is 0 Å². The van der Waals surface area contributed by atoms with Gasteiger partial charge in [-0.25, -0.2) is 4.79 Å². The molecule has 7 N–H and O–H groups in total. The summed E-state index contributed by atoms with van der Waals surface area (Å²) in [5.41, 5.74) is 0.790. The molecule has 1 saturated heterocycles. The van der Waals surface area contributed by atoms with Gasteiger partial charge in [0.2, 0.25) is 6.29 Å². The Kier molecular flexibility index (Phi) is 8.14. The molecule has 1 aliphatic heterocycles. The molecule has 5 atom stereocenters. The summed E-state index contributed by atoms with van der Waals surface area (Å²) in [6.07, 6.45) is -9.38. The highest BCUT2D eigenvalue weighted by molar-refractivity contribution is 5.86. The molecular formula is C31H30O13. The second-order valence-electron chi connectivity index (χ2n) is 10.8. The summed E-state index contributed by atoms with van der Waals surface area (Å²) in [7, 11) is 0. The van der Waals surface area contributed by atoms with Crippen LogP contribution < -0.4 is 14.9 Å². The molecule has 5 unspecified atom stereocenters. The van der Waals surface area contributed by atoms with E-state index in [1.54, 1.807) is 19.1 Å². The highest BCUT2D eigenvalue weighted by Crippen LogP contribution is 2.40. The van der Waals surface area contributed by atoms with Crippen LogP contribution in [0.5, 0.6) is 34.5 Å². The van der Waals surface area contributed by atoms with Gasteiger partial charge in [-0.15, -0.1) is 0 Å². The molecule has 4 aromatic rings.